The highest BCUT2D eigenvalue weighted by Gasteiger charge is 2.07. The molecule has 0 aromatic heterocycles. The van der Waals surface area contributed by atoms with Crippen LogP contribution in [0.1, 0.15) is 30.5 Å². The van der Waals surface area contributed by atoms with E-state index in [1.807, 2.05) is 12.0 Å². The summed E-state index contributed by atoms with van der Waals surface area (Å²) < 4.78 is 0. The molecule has 0 spiro atoms. The molecule has 0 bridgehead atoms. The van der Waals surface area contributed by atoms with Crippen LogP contribution in [0.2, 0.25) is 0 Å². The molecule has 94 valence electrons. The quantitative estimate of drug-likeness (QED) is 0.549. The van der Waals surface area contributed by atoms with Crippen LogP contribution in [0.4, 0.5) is 0 Å². The monoisotopic (exact) mass is 233 g/mol. The van der Waals surface area contributed by atoms with E-state index in [4.69, 9.17) is 4.84 Å². The van der Waals surface area contributed by atoms with Crippen LogP contribution >= 0.6 is 0 Å². The molecular weight excluding hydrogens is 210 g/mol. The fourth-order valence-electron chi connectivity index (χ4n) is 1.62. The van der Waals surface area contributed by atoms with Crippen molar-refractivity contribution < 1.29 is 4.84 Å². The summed E-state index contributed by atoms with van der Waals surface area (Å²) in [4.78, 5) is 5.69. The standard InChI is InChI=1S/C15H23NO/c1-6-16(17-11-12(2)3)10-15-9-7-8-13(4)14(15)5/h7-9H,2,6,10-11H2,1,3-5H3. The molecule has 1 aromatic rings. The molecule has 0 aliphatic heterocycles. The van der Waals surface area contributed by atoms with Gasteiger partial charge in [-0.05, 0) is 37.5 Å². The summed E-state index contributed by atoms with van der Waals surface area (Å²) in [6.45, 7) is 14.5. The molecule has 0 heterocycles. The zero-order chi connectivity index (χ0) is 12.8. The number of aryl methyl sites for hydroxylation is 1. The topological polar surface area (TPSA) is 12.5 Å². The van der Waals surface area contributed by atoms with Gasteiger partial charge in [0.25, 0.3) is 0 Å². The summed E-state index contributed by atoms with van der Waals surface area (Å²) >= 11 is 0. The molecule has 1 rings (SSSR count). The largest absolute Gasteiger partial charge is 0.294 e. The van der Waals surface area contributed by atoms with E-state index >= 15 is 0 Å². The molecule has 0 aliphatic rings. The van der Waals surface area contributed by atoms with Crippen LogP contribution < -0.4 is 0 Å². The Morgan fingerprint density at radius 2 is 2.06 bits per heavy atom. The maximum atomic E-state index is 5.69. The van der Waals surface area contributed by atoms with E-state index in [0.717, 1.165) is 18.7 Å². The number of rotatable bonds is 6. The Kier molecular flexibility index (Phi) is 5.39. The molecule has 0 radical (unpaired) electrons. The zero-order valence-corrected chi connectivity index (χ0v) is 11.4. The Morgan fingerprint density at radius 3 is 2.65 bits per heavy atom. The van der Waals surface area contributed by atoms with Gasteiger partial charge in [0, 0.05) is 13.1 Å². The van der Waals surface area contributed by atoms with E-state index in [2.05, 4.69) is 45.5 Å². The van der Waals surface area contributed by atoms with Gasteiger partial charge >= 0.3 is 0 Å². The van der Waals surface area contributed by atoms with Crippen molar-refractivity contribution in [1.82, 2.24) is 5.06 Å². The molecule has 0 saturated heterocycles. The van der Waals surface area contributed by atoms with E-state index < -0.39 is 0 Å². The SMILES string of the molecule is C=C(C)CON(CC)Cc1cccc(C)c1C. The maximum absolute atomic E-state index is 5.69. The first-order valence-corrected chi connectivity index (χ1v) is 6.12. The van der Waals surface area contributed by atoms with E-state index in [9.17, 15) is 0 Å². The molecule has 2 nitrogen and oxygen atoms in total. The van der Waals surface area contributed by atoms with Gasteiger partial charge in [-0.15, -0.1) is 0 Å². The van der Waals surface area contributed by atoms with Gasteiger partial charge in [-0.1, -0.05) is 37.3 Å². The minimum absolute atomic E-state index is 0.596. The Labute approximate surface area is 105 Å². The molecule has 0 fully saturated rings. The second-order valence-electron chi connectivity index (χ2n) is 4.55. The summed E-state index contributed by atoms with van der Waals surface area (Å²) in [6.07, 6.45) is 0. The second kappa shape index (κ2) is 6.58. The van der Waals surface area contributed by atoms with Crippen molar-refractivity contribution in [2.24, 2.45) is 0 Å². The first-order chi connectivity index (χ1) is 8.04. The Hall–Kier alpha value is -1.12. The highest BCUT2D eigenvalue weighted by molar-refractivity contribution is 5.32. The third kappa shape index (κ3) is 4.33. The highest BCUT2D eigenvalue weighted by Crippen LogP contribution is 2.15. The average Bonchev–Trinajstić information content (AvgIpc) is 2.29. The van der Waals surface area contributed by atoms with Crippen molar-refractivity contribution >= 4 is 0 Å². The molecule has 0 N–H and O–H groups in total. The molecule has 1 aromatic carbocycles. The molecular formula is C15H23NO. The molecule has 0 atom stereocenters. The average molecular weight is 233 g/mol. The molecule has 17 heavy (non-hydrogen) atoms. The first-order valence-electron chi connectivity index (χ1n) is 6.12. The van der Waals surface area contributed by atoms with Gasteiger partial charge in [-0.2, -0.15) is 5.06 Å². The summed E-state index contributed by atoms with van der Waals surface area (Å²) in [5, 5.41) is 1.98. The third-order valence-electron chi connectivity index (χ3n) is 2.91. The van der Waals surface area contributed by atoms with E-state index in [1.165, 1.54) is 16.7 Å². The highest BCUT2D eigenvalue weighted by atomic mass is 16.7. The van der Waals surface area contributed by atoms with Gasteiger partial charge < -0.3 is 0 Å². The van der Waals surface area contributed by atoms with Crippen LogP contribution in [0.3, 0.4) is 0 Å². The molecule has 0 saturated carbocycles. The normalized spacial score (nSPS) is 10.9. The number of hydrogen-bond donors (Lipinski definition) is 0. The van der Waals surface area contributed by atoms with Gasteiger partial charge in [-0.3, -0.25) is 4.84 Å². The Balaban J connectivity index is 2.67. The lowest BCUT2D eigenvalue weighted by molar-refractivity contribution is -0.154. The van der Waals surface area contributed by atoms with Crippen LogP contribution in [0, 0.1) is 13.8 Å². The van der Waals surface area contributed by atoms with Crippen molar-refractivity contribution in [3.8, 4) is 0 Å². The van der Waals surface area contributed by atoms with Gasteiger partial charge in [0.15, 0.2) is 0 Å². The van der Waals surface area contributed by atoms with E-state index in [-0.39, 0.29) is 0 Å². The molecule has 0 unspecified atom stereocenters. The van der Waals surface area contributed by atoms with Crippen molar-refractivity contribution in [3.05, 3.63) is 47.0 Å². The number of hydrogen-bond acceptors (Lipinski definition) is 2. The van der Waals surface area contributed by atoms with Crippen molar-refractivity contribution in [3.63, 3.8) is 0 Å². The van der Waals surface area contributed by atoms with Gasteiger partial charge in [0.1, 0.15) is 0 Å². The van der Waals surface area contributed by atoms with E-state index in [0.29, 0.717) is 6.61 Å². The minimum atomic E-state index is 0.596. The predicted molar refractivity (Wildman–Crippen MR) is 72.8 cm³/mol. The fraction of sp³-hybridized carbons (Fsp3) is 0.467. The summed E-state index contributed by atoms with van der Waals surface area (Å²) in [7, 11) is 0. The maximum Gasteiger partial charge on any atom is 0.0890 e. The van der Waals surface area contributed by atoms with Crippen molar-refractivity contribution in [1.29, 1.82) is 0 Å². The first kappa shape index (κ1) is 13.9. The molecule has 0 amide bonds. The van der Waals surface area contributed by atoms with Gasteiger partial charge in [0.2, 0.25) is 0 Å². The number of nitrogens with zero attached hydrogens (tertiary/aromatic N) is 1. The predicted octanol–water partition coefficient (Wildman–Crippen LogP) is 3.63. The lowest BCUT2D eigenvalue weighted by Crippen LogP contribution is -2.24. The van der Waals surface area contributed by atoms with Crippen LogP contribution in [0.15, 0.2) is 30.4 Å². The van der Waals surface area contributed by atoms with Crippen LogP contribution in [0.5, 0.6) is 0 Å². The zero-order valence-electron chi connectivity index (χ0n) is 11.4. The fourth-order valence-corrected chi connectivity index (χ4v) is 1.62. The van der Waals surface area contributed by atoms with Crippen molar-refractivity contribution in [2.75, 3.05) is 13.2 Å². The molecule has 0 aliphatic carbocycles. The van der Waals surface area contributed by atoms with E-state index in [1.54, 1.807) is 0 Å². The molecule has 2 heteroatoms. The van der Waals surface area contributed by atoms with Crippen LogP contribution in [-0.2, 0) is 11.4 Å². The minimum Gasteiger partial charge on any atom is -0.294 e. The van der Waals surface area contributed by atoms with Crippen molar-refractivity contribution in [2.45, 2.75) is 34.2 Å². The smallest absolute Gasteiger partial charge is 0.0890 e. The Morgan fingerprint density at radius 1 is 1.35 bits per heavy atom. The van der Waals surface area contributed by atoms with Gasteiger partial charge in [0.05, 0.1) is 6.61 Å². The lowest BCUT2D eigenvalue weighted by Gasteiger charge is -2.21. The second-order valence-corrected chi connectivity index (χ2v) is 4.55. The summed E-state index contributed by atoms with van der Waals surface area (Å²) in [5.41, 5.74) is 5.06. The summed E-state index contributed by atoms with van der Waals surface area (Å²) in [5.74, 6) is 0. The number of hydroxylamine groups is 2. The van der Waals surface area contributed by atoms with Crippen LogP contribution in [-0.4, -0.2) is 18.2 Å². The van der Waals surface area contributed by atoms with Gasteiger partial charge in [-0.25, -0.2) is 0 Å². The lowest BCUT2D eigenvalue weighted by atomic mass is 10.0. The Bertz CT molecular complexity index is 385. The van der Waals surface area contributed by atoms with Crippen LogP contribution in [0.25, 0.3) is 0 Å². The number of benzene rings is 1. The summed E-state index contributed by atoms with van der Waals surface area (Å²) in [6, 6.07) is 6.41. The third-order valence-corrected chi connectivity index (χ3v) is 2.91.